The van der Waals surface area contributed by atoms with E-state index in [9.17, 15) is 18.4 Å². The van der Waals surface area contributed by atoms with Crippen LogP contribution in [0.1, 0.15) is 30.1 Å². The van der Waals surface area contributed by atoms with Crippen molar-refractivity contribution < 1.29 is 33.0 Å². The molecule has 0 heterocycles. The van der Waals surface area contributed by atoms with Crippen molar-refractivity contribution in [2.75, 3.05) is 7.11 Å². The highest BCUT2D eigenvalue weighted by Crippen LogP contribution is 2.32. The van der Waals surface area contributed by atoms with Gasteiger partial charge in [-0.05, 0) is 18.6 Å². The molecule has 0 aromatic heterocycles. The van der Waals surface area contributed by atoms with Crippen molar-refractivity contribution in [3.63, 3.8) is 0 Å². The molecule has 1 amide bonds. The fourth-order valence-corrected chi connectivity index (χ4v) is 1.85. The normalized spacial score (nSPS) is 11.9. The number of methoxy groups -OCH3 is 1. The zero-order chi connectivity index (χ0) is 16.7. The standard InChI is InChI=1S/C14H17F2NO5/c1-3-5-9(13(19)20)17-12(18)8-6-4-7-10(21-2)11(8)22-14(15)16/h4,6-7,9,14H,3,5H2,1-2H3,(H,17,18)(H,19,20). The zero-order valence-electron chi connectivity index (χ0n) is 12.1. The van der Waals surface area contributed by atoms with E-state index in [1.807, 2.05) is 0 Å². The van der Waals surface area contributed by atoms with Gasteiger partial charge in [-0.2, -0.15) is 8.78 Å². The van der Waals surface area contributed by atoms with Crippen LogP contribution >= 0.6 is 0 Å². The first-order chi connectivity index (χ1) is 10.4. The van der Waals surface area contributed by atoms with Gasteiger partial charge in [-0.15, -0.1) is 0 Å². The lowest BCUT2D eigenvalue weighted by Gasteiger charge is -2.17. The summed E-state index contributed by atoms with van der Waals surface area (Å²) in [7, 11) is 1.24. The van der Waals surface area contributed by atoms with Crippen molar-refractivity contribution in [2.45, 2.75) is 32.4 Å². The molecule has 0 saturated carbocycles. The molecule has 0 spiro atoms. The number of carbonyl (C=O) groups is 2. The van der Waals surface area contributed by atoms with E-state index in [0.29, 0.717) is 6.42 Å². The quantitative estimate of drug-likeness (QED) is 0.768. The third-order valence-corrected chi connectivity index (χ3v) is 2.83. The van der Waals surface area contributed by atoms with Gasteiger partial charge in [0.05, 0.1) is 12.7 Å². The highest BCUT2D eigenvalue weighted by molar-refractivity contribution is 5.99. The number of halogens is 2. The van der Waals surface area contributed by atoms with Gasteiger partial charge in [0.2, 0.25) is 0 Å². The van der Waals surface area contributed by atoms with Crippen LogP contribution in [0.5, 0.6) is 11.5 Å². The van der Waals surface area contributed by atoms with E-state index >= 15 is 0 Å². The second-order valence-corrected chi connectivity index (χ2v) is 4.37. The molecule has 1 atom stereocenters. The fourth-order valence-electron chi connectivity index (χ4n) is 1.85. The Morgan fingerprint density at radius 2 is 2.05 bits per heavy atom. The van der Waals surface area contributed by atoms with Crippen molar-refractivity contribution in [1.82, 2.24) is 5.32 Å². The highest BCUT2D eigenvalue weighted by Gasteiger charge is 2.24. The Kier molecular flexibility index (Phi) is 6.55. The molecule has 8 heteroatoms. The summed E-state index contributed by atoms with van der Waals surface area (Å²) in [6.45, 7) is -1.38. The maximum Gasteiger partial charge on any atom is 0.387 e. The zero-order valence-corrected chi connectivity index (χ0v) is 12.1. The minimum Gasteiger partial charge on any atom is -0.493 e. The Labute approximate surface area is 126 Å². The number of amides is 1. The molecule has 1 rings (SSSR count). The molecule has 122 valence electrons. The largest absolute Gasteiger partial charge is 0.493 e. The molecule has 0 aliphatic carbocycles. The highest BCUT2D eigenvalue weighted by atomic mass is 19.3. The Hall–Kier alpha value is -2.38. The topological polar surface area (TPSA) is 84.9 Å². The molecular formula is C14H17F2NO5. The fraction of sp³-hybridized carbons (Fsp3) is 0.429. The summed E-state index contributed by atoms with van der Waals surface area (Å²) in [6.07, 6.45) is 0.756. The van der Waals surface area contributed by atoms with Crippen LogP contribution in [-0.2, 0) is 4.79 Å². The predicted octanol–water partition coefficient (Wildman–Crippen LogP) is 2.28. The van der Waals surface area contributed by atoms with Crippen LogP contribution in [0, 0.1) is 0 Å². The molecule has 0 saturated heterocycles. The number of nitrogens with one attached hydrogen (secondary N) is 1. The number of aliphatic carboxylic acids is 1. The van der Waals surface area contributed by atoms with Gasteiger partial charge in [0.15, 0.2) is 11.5 Å². The van der Waals surface area contributed by atoms with Crippen LogP contribution in [0.15, 0.2) is 18.2 Å². The van der Waals surface area contributed by atoms with Crippen LogP contribution in [0.25, 0.3) is 0 Å². The molecule has 22 heavy (non-hydrogen) atoms. The molecule has 0 aliphatic rings. The van der Waals surface area contributed by atoms with Gasteiger partial charge in [-0.3, -0.25) is 4.79 Å². The van der Waals surface area contributed by atoms with Crippen LogP contribution in [0.4, 0.5) is 8.78 Å². The number of carbonyl (C=O) groups excluding carboxylic acids is 1. The van der Waals surface area contributed by atoms with Gasteiger partial charge in [0.25, 0.3) is 5.91 Å². The molecule has 1 unspecified atom stereocenters. The summed E-state index contributed by atoms with van der Waals surface area (Å²) in [6, 6.07) is 2.92. The second kappa shape index (κ2) is 8.16. The minimum absolute atomic E-state index is 0.0460. The van der Waals surface area contributed by atoms with Crippen molar-refractivity contribution in [3.8, 4) is 11.5 Å². The number of alkyl halides is 2. The first kappa shape index (κ1) is 17.7. The third kappa shape index (κ3) is 4.57. The van der Waals surface area contributed by atoms with Gasteiger partial charge in [0.1, 0.15) is 6.04 Å². The molecule has 0 fully saturated rings. The van der Waals surface area contributed by atoms with Crippen molar-refractivity contribution in [2.24, 2.45) is 0 Å². The van der Waals surface area contributed by atoms with E-state index in [4.69, 9.17) is 9.84 Å². The molecule has 0 bridgehead atoms. The SMILES string of the molecule is CCCC(NC(=O)c1cccc(OC)c1OC(F)F)C(=O)O. The molecular weight excluding hydrogens is 300 g/mol. The molecule has 1 aromatic carbocycles. The number of carboxylic acids is 1. The number of hydrogen-bond donors (Lipinski definition) is 2. The molecule has 6 nitrogen and oxygen atoms in total. The number of ether oxygens (including phenoxy) is 2. The number of rotatable bonds is 8. The summed E-state index contributed by atoms with van der Waals surface area (Å²) in [5, 5.41) is 11.3. The summed E-state index contributed by atoms with van der Waals surface area (Å²) in [5.74, 6) is -2.50. The lowest BCUT2D eigenvalue weighted by atomic mass is 10.1. The van der Waals surface area contributed by atoms with E-state index in [-0.39, 0.29) is 17.7 Å². The number of carboxylic acid groups (broad SMARTS) is 1. The van der Waals surface area contributed by atoms with Gasteiger partial charge < -0.3 is 19.9 Å². The smallest absolute Gasteiger partial charge is 0.387 e. The summed E-state index contributed by atoms with van der Waals surface area (Å²) < 4.78 is 34.2. The Bertz CT molecular complexity index is 536. The second-order valence-electron chi connectivity index (χ2n) is 4.37. The van der Waals surface area contributed by atoms with Crippen molar-refractivity contribution >= 4 is 11.9 Å². The van der Waals surface area contributed by atoms with Gasteiger partial charge in [-0.25, -0.2) is 4.79 Å². The summed E-state index contributed by atoms with van der Waals surface area (Å²) in [5.41, 5.74) is -0.220. The lowest BCUT2D eigenvalue weighted by molar-refractivity contribution is -0.139. The van der Waals surface area contributed by atoms with Crippen molar-refractivity contribution in [1.29, 1.82) is 0 Å². The Morgan fingerprint density at radius 3 is 2.55 bits per heavy atom. The first-order valence-corrected chi connectivity index (χ1v) is 6.56. The van der Waals surface area contributed by atoms with Crippen LogP contribution in [-0.4, -0.2) is 36.7 Å². The molecule has 2 N–H and O–H groups in total. The van der Waals surface area contributed by atoms with E-state index in [0.717, 1.165) is 0 Å². The van der Waals surface area contributed by atoms with Gasteiger partial charge in [-0.1, -0.05) is 19.4 Å². The number of hydrogen-bond acceptors (Lipinski definition) is 4. The lowest BCUT2D eigenvalue weighted by Crippen LogP contribution is -2.40. The van der Waals surface area contributed by atoms with E-state index < -0.39 is 30.3 Å². The molecule has 1 aromatic rings. The van der Waals surface area contributed by atoms with E-state index in [1.54, 1.807) is 6.92 Å². The Morgan fingerprint density at radius 1 is 1.36 bits per heavy atom. The summed E-state index contributed by atoms with van der Waals surface area (Å²) >= 11 is 0. The molecule has 0 radical (unpaired) electrons. The van der Waals surface area contributed by atoms with E-state index in [1.165, 1.54) is 25.3 Å². The predicted molar refractivity (Wildman–Crippen MR) is 73.4 cm³/mol. The monoisotopic (exact) mass is 317 g/mol. The van der Waals surface area contributed by atoms with Crippen LogP contribution < -0.4 is 14.8 Å². The maximum atomic E-state index is 12.5. The van der Waals surface area contributed by atoms with Gasteiger partial charge >= 0.3 is 12.6 Å². The van der Waals surface area contributed by atoms with Crippen LogP contribution in [0.2, 0.25) is 0 Å². The number of benzene rings is 1. The van der Waals surface area contributed by atoms with Crippen molar-refractivity contribution in [3.05, 3.63) is 23.8 Å². The third-order valence-electron chi connectivity index (χ3n) is 2.83. The van der Waals surface area contributed by atoms with Gasteiger partial charge in [0, 0.05) is 0 Å². The van der Waals surface area contributed by atoms with E-state index in [2.05, 4.69) is 10.1 Å². The maximum absolute atomic E-state index is 12.5. The molecule has 0 aliphatic heterocycles. The first-order valence-electron chi connectivity index (χ1n) is 6.56. The average molecular weight is 317 g/mol. The van der Waals surface area contributed by atoms with Crippen LogP contribution in [0.3, 0.4) is 0 Å². The Balaban J connectivity index is 3.08. The number of para-hydroxylation sites is 1. The average Bonchev–Trinajstić information content (AvgIpc) is 2.46. The minimum atomic E-state index is -3.14. The summed E-state index contributed by atoms with van der Waals surface area (Å²) in [4.78, 5) is 23.2.